The van der Waals surface area contributed by atoms with Crippen molar-refractivity contribution in [3.05, 3.63) is 35.6 Å². The van der Waals surface area contributed by atoms with Gasteiger partial charge >= 0.3 is 5.97 Å². The zero-order valence-corrected chi connectivity index (χ0v) is 11.4. The van der Waals surface area contributed by atoms with Gasteiger partial charge in [-0.05, 0) is 17.7 Å². The Balaban J connectivity index is 2.74. The zero-order chi connectivity index (χ0) is 13.5. The molecule has 0 saturated carbocycles. The highest BCUT2D eigenvalue weighted by Crippen LogP contribution is 2.07. The third-order valence-corrected chi connectivity index (χ3v) is 2.80. The SMILES string of the molecule is COC(=O)[C@H](Cc1ccc(F)cc1)NC(=O)CBr. The van der Waals surface area contributed by atoms with Crippen LogP contribution in [0.5, 0.6) is 0 Å². The second kappa shape index (κ2) is 7.10. The maximum absolute atomic E-state index is 12.7. The van der Waals surface area contributed by atoms with Crippen LogP contribution in [0, 0.1) is 5.82 Å². The molecule has 0 bridgehead atoms. The summed E-state index contributed by atoms with van der Waals surface area (Å²) in [6, 6.07) is 4.95. The lowest BCUT2D eigenvalue weighted by Gasteiger charge is -2.15. The largest absolute Gasteiger partial charge is 0.467 e. The van der Waals surface area contributed by atoms with Crippen molar-refractivity contribution in [2.24, 2.45) is 0 Å². The summed E-state index contributed by atoms with van der Waals surface area (Å²) in [6.07, 6.45) is 0.256. The van der Waals surface area contributed by atoms with E-state index in [1.807, 2.05) is 0 Å². The minimum absolute atomic E-state index is 0.101. The highest BCUT2D eigenvalue weighted by molar-refractivity contribution is 9.09. The predicted molar refractivity (Wildman–Crippen MR) is 67.8 cm³/mol. The average molecular weight is 318 g/mol. The molecule has 0 unspecified atom stereocenters. The quantitative estimate of drug-likeness (QED) is 0.660. The van der Waals surface area contributed by atoms with Gasteiger partial charge < -0.3 is 10.1 Å². The van der Waals surface area contributed by atoms with Gasteiger partial charge in [-0.2, -0.15) is 0 Å². The molecule has 1 rings (SSSR count). The van der Waals surface area contributed by atoms with Crippen molar-refractivity contribution in [2.45, 2.75) is 12.5 Å². The molecule has 4 nitrogen and oxygen atoms in total. The highest BCUT2D eigenvalue weighted by atomic mass is 79.9. The number of ether oxygens (including phenoxy) is 1. The van der Waals surface area contributed by atoms with Gasteiger partial charge in [0, 0.05) is 6.42 Å². The van der Waals surface area contributed by atoms with E-state index < -0.39 is 12.0 Å². The summed E-state index contributed by atoms with van der Waals surface area (Å²) in [5, 5.41) is 2.63. The van der Waals surface area contributed by atoms with Gasteiger partial charge in [0.25, 0.3) is 0 Å². The molecule has 1 amide bonds. The fourth-order valence-electron chi connectivity index (χ4n) is 1.42. The van der Waals surface area contributed by atoms with Crippen molar-refractivity contribution in [1.82, 2.24) is 5.32 Å². The summed E-state index contributed by atoms with van der Waals surface area (Å²) in [5.41, 5.74) is 0.738. The fourth-order valence-corrected chi connectivity index (χ4v) is 1.59. The molecular weight excluding hydrogens is 305 g/mol. The molecule has 0 heterocycles. The molecule has 0 spiro atoms. The van der Waals surface area contributed by atoms with E-state index in [1.165, 1.54) is 19.2 Å². The smallest absolute Gasteiger partial charge is 0.328 e. The topological polar surface area (TPSA) is 55.4 Å². The number of carbonyl (C=O) groups is 2. The van der Waals surface area contributed by atoms with Crippen LogP contribution in [0.3, 0.4) is 0 Å². The van der Waals surface area contributed by atoms with E-state index in [1.54, 1.807) is 12.1 Å². The van der Waals surface area contributed by atoms with E-state index in [0.717, 1.165) is 5.56 Å². The van der Waals surface area contributed by atoms with Crippen LogP contribution < -0.4 is 5.32 Å². The van der Waals surface area contributed by atoms with Gasteiger partial charge in [0.15, 0.2) is 0 Å². The van der Waals surface area contributed by atoms with E-state index in [2.05, 4.69) is 26.0 Å². The maximum Gasteiger partial charge on any atom is 0.328 e. The predicted octanol–water partition coefficient (Wildman–Crippen LogP) is 1.42. The normalized spacial score (nSPS) is 11.7. The Morgan fingerprint density at radius 3 is 2.50 bits per heavy atom. The summed E-state index contributed by atoms with van der Waals surface area (Å²) in [5.74, 6) is -1.20. The molecule has 0 aromatic heterocycles. The minimum atomic E-state index is -0.773. The summed E-state index contributed by atoms with van der Waals surface area (Å²) >= 11 is 3.00. The Bertz CT molecular complexity index is 422. The lowest BCUT2D eigenvalue weighted by molar-refractivity contribution is -0.144. The molecule has 0 radical (unpaired) electrons. The molecular formula is C12H13BrFNO3. The lowest BCUT2D eigenvalue weighted by Crippen LogP contribution is -2.43. The van der Waals surface area contributed by atoms with Crippen molar-refractivity contribution >= 4 is 27.8 Å². The maximum atomic E-state index is 12.7. The first kappa shape index (κ1) is 14.6. The Kier molecular flexibility index (Phi) is 5.77. The molecule has 0 aliphatic carbocycles. The molecule has 6 heteroatoms. The molecule has 0 saturated heterocycles. The molecule has 0 fully saturated rings. The van der Waals surface area contributed by atoms with Gasteiger partial charge in [0.05, 0.1) is 12.4 Å². The fraction of sp³-hybridized carbons (Fsp3) is 0.333. The molecule has 1 aromatic rings. The van der Waals surface area contributed by atoms with Gasteiger partial charge in [-0.1, -0.05) is 28.1 Å². The number of nitrogens with one attached hydrogen (secondary N) is 1. The van der Waals surface area contributed by atoms with Crippen LogP contribution in [0.1, 0.15) is 5.56 Å². The van der Waals surface area contributed by atoms with E-state index >= 15 is 0 Å². The Morgan fingerprint density at radius 1 is 1.39 bits per heavy atom. The first-order valence-electron chi connectivity index (χ1n) is 5.24. The molecule has 1 aromatic carbocycles. The standard InChI is InChI=1S/C12H13BrFNO3/c1-18-12(17)10(15-11(16)7-13)6-8-2-4-9(14)5-3-8/h2-5,10H,6-7H2,1H3,(H,15,16)/t10-/m0/s1. The number of methoxy groups -OCH3 is 1. The summed E-state index contributed by atoms with van der Waals surface area (Å²) < 4.78 is 17.4. The van der Waals surface area contributed by atoms with Gasteiger partial charge in [-0.15, -0.1) is 0 Å². The van der Waals surface area contributed by atoms with Crippen molar-refractivity contribution < 1.29 is 18.7 Å². The third kappa shape index (κ3) is 4.44. The first-order chi connectivity index (χ1) is 8.56. The van der Waals surface area contributed by atoms with Crippen LogP contribution in [0.25, 0.3) is 0 Å². The Hall–Kier alpha value is -1.43. The summed E-state index contributed by atoms with van der Waals surface area (Å²) in [7, 11) is 1.25. The van der Waals surface area contributed by atoms with Crippen molar-refractivity contribution in [1.29, 1.82) is 0 Å². The molecule has 0 aliphatic heterocycles. The molecule has 98 valence electrons. The molecule has 18 heavy (non-hydrogen) atoms. The van der Waals surface area contributed by atoms with E-state index in [4.69, 9.17) is 0 Å². The van der Waals surface area contributed by atoms with Crippen molar-refractivity contribution in [3.63, 3.8) is 0 Å². The number of esters is 1. The zero-order valence-electron chi connectivity index (χ0n) is 9.78. The van der Waals surface area contributed by atoms with Crippen LogP contribution in [0.4, 0.5) is 4.39 Å². The average Bonchev–Trinajstić information content (AvgIpc) is 2.39. The highest BCUT2D eigenvalue weighted by Gasteiger charge is 2.21. The van der Waals surface area contributed by atoms with Crippen LogP contribution in [-0.4, -0.2) is 30.4 Å². The summed E-state index contributed by atoms with van der Waals surface area (Å²) in [4.78, 5) is 22.8. The first-order valence-corrected chi connectivity index (χ1v) is 6.36. The Morgan fingerprint density at radius 2 is 2.00 bits per heavy atom. The number of rotatable bonds is 5. The van der Waals surface area contributed by atoms with Crippen LogP contribution in [0.2, 0.25) is 0 Å². The minimum Gasteiger partial charge on any atom is -0.467 e. The molecule has 1 atom stereocenters. The van der Waals surface area contributed by atoms with Crippen LogP contribution in [-0.2, 0) is 20.7 Å². The van der Waals surface area contributed by atoms with Gasteiger partial charge in [-0.3, -0.25) is 4.79 Å². The molecule has 0 aliphatic rings. The monoisotopic (exact) mass is 317 g/mol. The second-order valence-electron chi connectivity index (χ2n) is 3.61. The number of hydrogen-bond acceptors (Lipinski definition) is 3. The molecule has 1 N–H and O–H groups in total. The number of carbonyl (C=O) groups excluding carboxylic acids is 2. The summed E-state index contributed by atoms with van der Waals surface area (Å²) in [6.45, 7) is 0. The van der Waals surface area contributed by atoms with Crippen LogP contribution >= 0.6 is 15.9 Å². The van der Waals surface area contributed by atoms with Crippen LogP contribution in [0.15, 0.2) is 24.3 Å². The third-order valence-electron chi connectivity index (χ3n) is 2.30. The number of alkyl halides is 1. The number of halogens is 2. The number of hydrogen-bond donors (Lipinski definition) is 1. The Labute approximate surface area is 113 Å². The number of benzene rings is 1. The van der Waals surface area contributed by atoms with E-state index in [-0.39, 0.29) is 23.5 Å². The lowest BCUT2D eigenvalue weighted by atomic mass is 10.1. The van der Waals surface area contributed by atoms with Gasteiger partial charge in [0.2, 0.25) is 5.91 Å². The number of amides is 1. The second-order valence-corrected chi connectivity index (χ2v) is 4.17. The van der Waals surface area contributed by atoms with Crippen molar-refractivity contribution in [3.8, 4) is 0 Å². The van der Waals surface area contributed by atoms with E-state index in [9.17, 15) is 14.0 Å². The van der Waals surface area contributed by atoms with Gasteiger partial charge in [-0.25, -0.2) is 9.18 Å². The van der Waals surface area contributed by atoms with Gasteiger partial charge in [0.1, 0.15) is 11.9 Å². The van der Waals surface area contributed by atoms with E-state index in [0.29, 0.717) is 0 Å². The van der Waals surface area contributed by atoms with Crippen molar-refractivity contribution in [2.75, 3.05) is 12.4 Å².